The van der Waals surface area contributed by atoms with E-state index < -0.39 is 15.9 Å². The summed E-state index contributed by atoms with van der Waals surface area (Å²) >= 11 is 6.81. The summed E-state index contributed by atoms with van der Waals surface area (Å²) in [5.74, 6) is -0.157. The summed E-state index contributed by atoms with van der Waals surface area (Å²) in [6, 6.07) is 14.0. The molecule has 1 amide bonds. The van der Waals surface area contributed by atoms with E-state index in [1.165, 1.54) is 28.8 Å². The molecule has 0 unspecified atom stereocenters. The molecule has 3 rings (SSSR count). The number of anilines is 1. The van der Waals surface area contributed by atoms with Crippen LogP contribution in [0.2, 0.25) is 0 Å². The van der Waals surface area contributed by atoms with Crippen LogP contribution in [0.5, 0.6) is 0 Å². The Balaban J connectivity index is 2.10. The zero-order chi connectivity index (χ0) is 22.1. The molecule has 0 aliphatic carbocycles. The molecule has 0 saturated carbocycles. The average Bonchev–Trinajstić information content (AvgIpc) is 2.94. The van der Waals surface area contributed by atoms with Crippen LogP contribution in [0.1, 0.15) is 11.1 Å². The number of thioether (sulfide) groups is 1. The van der Waals surface area contributed by atoms with Gasteiger partial charge in [0.25, 0.3) is 15.9 Å². The van der Waals surface area contributed by atoms with Gasteiger partial charge in [0.1, 0.15) is 5.70 Å². The van der Waals surface area contributed by atoms with E-state index in [9.17, 15) is 13.2 Å². The lowest BCUT2D eigenvalue weighted by atomic mass is 10.1. The molecule has 0 radical (unpaired) electrons. The monoisotopic (exact) mass is 461 g/mol. The predicted octanol–water partition coefficient (Wildman–Crippen LogP) is 3.54. The third kappa shape index (κ3) is 4.23. The number of hydrogen-bond acceptors (Lipinski definition) is 6. The lowest BCUT2D eigenvalue weighted by molar-refractivity contribution is -0.121. The maximum Gasteiger partial charge on any atom is 0.278 e. The largest absolute Gasteiger partial charge is 0.378 e. The van der Waals surface area contributed by atoms with Gasteiger partial charge in [0, 0.05) is 19.8 Å². The van der Waals surface area contributed by atoms with Gasteiger partial charge in [-0.05, 0) is 61.3 Å². The second-order valence-corrected chi connectivity index (χ2v) is 10.0. The number of hydrogen-bond donors (Lipinski definition) is 0. The van der Waals surface area contributed by atoms with Crippen LogP contribution in [0.25, 0.3) is 6.08 Å². The molecule has 158 valence electrons. The normalized spacial score (nSPS) is 15.9. The number of carbonyl (C=O) groups excluding carboxylic acids is 1. The zero-order valence-electron chi connectivity index (χ0n) is 17.2. The van der Waals surface area contributed by atoms with E-state index in [0.717, 1.165) is 15.6 Å². The molecule has 1 fully saturated rings. The number of thiocarbonyl (C=S) groups is 1. The van der Waals surface area contributed by atoms with Crippen molar-refractivity contribution >= 4 is 56.8 Å². The fourth-order valence-electron chi connectivity index (χ4n) is 2.96. The fourth-order valence-corrected chi connectivity index (χ4v) is 5.47. The number of aryl methyl sites for hydroxylation is 1. The Hall–Kier alpha value is -2.36. The molecule has 2 aromatic carbocycles. The summed E-state index contributed by atoms with van der Waals surface area (Å²) in [6.07, 6.45) is 3.40. The molecule has 1 aliphatic rings. The molecule has 9 heteroatoms. The van der Waals surface area contributed by atoms with Crippen molar-refractivity contribution < 1.29 is 13.2 Å². The Morgan fingerprint density at radius 2 is 1.67 bits per heavy atom. The zero-order valence-corrected chi connectivity index (χ0v) is 19.6. The topological polar surface area (TPSA) is 60.9 Å². The Morgan fingerprint density at radius 1 is 1.07 bits per heavy atom. The lowest BCUT2D eigenvalue weighted by Gasteiger charge is -2.20. The number of amides is 1. The van der Waals surface area contributed by atoms with Crippen molar-refractivity contribution in [3.8, 4) is 0 Å². The minimum Gasteiger partial charge on any atom is -0.378 e. The third-order valence-electron chi connectivity index (χ3n) is 4.62. The van der Waals surface area contributed by atoms with Crippen molar-refractivity contribution in [1.29, 1.82) is 0 Å². The van der Waals surface area contributed by atoms with E-state index in [1.807, 2.05) is 56.4 Å². The number of sulfonamides is 1. The molecule has 30 heavy (non-hydrogen) atoms. The van der Waals surface area contributed by atoms with Crippen molar-refractivity contribution in [2.75, 3.05) is 31.1 Å². The average molecular weight is 462 g/mol. The van der Waals surface area contributed by atoms with E-state index in [-0.39, 0.29) is 21.6 Å². The maximum atomic E-state index is 13.4. The van der Waals surface area contributed by atoms with Crippen LogP contribution < -0.4 is 4.90 Å². The van der Waals surface area contributed by atoms with Gasteiger partial charge < -0.3 is 4.90 Å². The van der Waals surface area contributed by atoms with E-state index >= 15 is 0 Å². The Labute approximate surface area is 187 Å². The summed E-state index contributed by atoms with van der Waals surface area (Å²) in [6.45, 7) is 1.88. The maximum absolute atomic E-state index is 13.4. The van der Waals surface area contributed by atoms with Gasteiger partial charge in [-0.25, -0.2) is 12.7 Å². The Bertz CT molecular complexity index is 1090. The van der Waals surface area contributed by atoms with Crippen LogP contribution in [0.15, 0.2) is 59.1 Å². The van der Waals surface area contributed by atoms with Crippen molar-refractivity contribution in [3.63, 3.8) is 0 Å². The minimum absolute atomic E-state index is 0.0206. The fraction of sp³-hybridized carbons (Fsp3) is 0.238. The number of carbonyl (C=O) groups is 1. The molecule has 6 nitrogen and oxygen atoms in total. The Morgan fingerprint density at radius 3 is 2.20 bits per heavy atom. The van der Waals surface area contributed by atoms with Gasteiger partial charge in [-0.3, -0.25) is 9.69 Å². The van der Waals surface area contributed by atoms with Crippen LogP contribution >= 0.6 is 24.0 Å². The summed E-state index contributed by atoms with van der Waals surface area (Å²) < 4.78 is 27.8. The second-order valence-electron chi connectivity index (χ2n) is 7.03. The second kappa shape index (κ2) is 8.79. The first-order valence-electron chi connectivity index (χ1n) is 9.12. The highest BCUT2D eigenvalue weighted by Gasteiger charge is 2.44. The highest BCUT2D eigenvalue weighted by molar-refractivity contribution is 7.98. The molecule has 0 atom stereocenters. The van der Waals surface area contributed by atoms with Gasteiger partial charge in [-0.1, -0.05) is 29.8 Å². The van der Waals surface area contributed by atoms with Crippen molar-refractivity contribution in [2.45, 2.75) is 11.8 Å². The van der Waals surface area contributed by atoms with Gasteiger partial charge in [-0.2, -0.15) is 0 Å². The quantitative estimate of drug-likeness (QED) is 0.484. The van der Waals surface area contributed by atoms with Gasteiger partial charge in [-0.15, -0.1) is 11.8 Å². The summed E-state index contributed by atoms with van der Waals surface area (Å²) in [7, 11) is -0.170. The van der Waals surface area contributed by atoms with Crippen LogP contribution in [0.3, 0.4) is 0 Å². The highest BCUT2D eigenvalue weighted by Crippen LogP contribution is 2.31. The molecule has 0 bridgehead atoms. The summed E-state index contributed by atoms with van der Waals surface area (Å²) in [5.41, 5.74) is 2.67. The molecular weight excluding hydrogens is 438 g/mol. The smallest absolute Gasteiger partial charge is 0.278 e. The van der Waals surface area contributed by atoms with Crippen LogP contribution in [-0.2, 0) is 14.8 Å². The van der Waals surface area contributed by atoms with Crippen LogP contribution in [-0.4, -0.2) is 54.9 Å². The molecule has 2 aromatic rings. The van der Waals surface area contributed by atoms with E-state index in [4.69, 9.17) is 12.2 Å². The van der Waals surface area contributed by atoms with Gasteiger partial charge in [0.15, 0.2) is 5.11 Å². The molecule has 0 N–H and O–H groups in total. The van der Waals surface area contributed by atoms with Crippen LogP contribution in [0, 0.1) is 6.92 Å². The van der Waals surface area contributed by atoms with E-state index in [0.29, 0.717) is 5.56 Å². The van der Waals surface area contributed by atoms with E-state index in [2.05, 4.69) is 0 Å². The van der Waals surface area contributed by atoms with Crippen molar-refractivity contribution in [1.82, 2.24) is 9.21 Å². The molecule has 0 aromatic heterocycles. The number of nitrogens with zero attached hydrogens (tertiary/aromatic N) is 3. The molecule has 1 saturated heterocycles. The molecular formula is C21H23N3O3S3. The standard InChI is InChI=1S/C21H23N3O3S3/c1-15-5-11-18(12-6-15)30(26,27)24-19(20(25)23(14-29-4)21(24)28)13-16-7-9-17(10-8-16)22(2)3/h5-13H,14H2,1-4H3/b19-13-. The van der Waals surface area contributed by atoms with Gasteiger partial charge >= 0.3 is 0 Å². The summed E-state index contributed by atoms with van der Waals surface area (Å²) in [4.78, 5) is 16.4. The number of rotatable bonds is 6. The molecule has 0 spiro atoms. The molecule has 1 heterocycles. The Kier molecular flexibility index (Phi) is 6.54. The first kappa shape index (κ1) is 22.3. The lowest BCUT2D eigenvalue weighted by Crippen LogP contribution is -2.35. The molecule has 1 aliphatic heterocycles. The van der Waals surface area contributed by atoms with Crippen molar-refractivity contribution in [3.05, 3.63) is 65.4 Å². The summed E-state index contributed by atoms with van der Waals surface area (Å²) in [5, 5.41) is -0.0360. The van der Waals surface area contributed by atoms with Gasteiger partial charge in [0.2, 0.25) is 0 Å². The van der Waals surface area contributed by atoms with Crippen molar-refractivity contribution in [2.24, 2.45) is 0 Å². The predicted molar refractivity (Wildman–Crippen MR) is 127 cm³/mol. The highest BCUT2D eigenvalue weighted by atomic mass is 32.2. The third-order valence-corrected chi connectivity index (χ3v) is 7.37. The number of benzene rings is 2. The van der Waals surface area contributed by atoms with Gasteiger partial charge in [0.05, 0.1) is 10.8 Å². The minimum atomic E-state index is -4.04. The first-order valence-corrected chi connectivity index (χ1v) is 12.4. The SMILES string of the molecule is CSCN1C(=O)/C(=C/c2ccc(N(C)C)cc2)N(S(=O)(=O)c2ccc(C)cc2)C1=S. The first-order chi connectivity index (χ1) is 14.2. The van der Waals surface area contributed by atoms with Crippen LogP contribution in [0.4, 0.5) is 5.69 Å². The van der Waals surface area contributed by atoms with E-state index in [1.54, 1.807) is 18.2 Å².